The lowest BCUT2D eigenvalue weighted by Gasteiger charge is -2.26. The van der Waals surface area contributed by atoms with Crippen molar-refractivity contribution >= 4 is 30.5 Å². The van der Waals surface area contributed by atoms with Crippen LogP contribution in [0.5, 0.6) is 5.75 Å². The first-order valence-corrected chi connectivity index (χ1v) is 12.0. The third kappa shape index (κ3) is 6.28. The van der Waals surface area contributed by atoms with E-state index < -0.39 is 25.1 Å². The van der Waals surface area contributed by atoms with E-state index in [4.69, 9.17) is 24.3 Å². The molecular formula is C21H28N5O6P. The molecule has 11 nitrogen and oxygen atoms in total. The molecular weight excluding hydrogens is 449 g/mol. The van der Waals surface area contributed by atoms with Gasteiger partial charge in [0.1, 0.15) is 17.6 Å². The van der Waals surface area contributed by atoms with Gasteiger partial charge in [0.05, 0.1) is 38.1 Å². The van der Waals surface area contributed by atoms with Crippen molar-refractivity contribution < 1.29 is 27.9 Å². The zero-order valence-electron chi connectivity index (χ0n) is 19.0. The number of hydrogen-bond donors (Lipinski definition) is 1. The molecule has 2 aromatic heterocycles. The van der Waals surface area contributed by atoms with Crippen LogP contribution in [0.1, 0.15) is 20.8 Å². The van der Waals surface area contributed by atoms with Crippen molar-refractivity contribution in [2.75, 3.05) is 25.8 Å². The number of nitrogens with zero attached hydrogens (tertiary/aromatic N) is 4. The van der Waals surface area contributed by atoms with E-state index in [0.29, 0.717) is 23.5 Å². The highest BCUT2D eigenvalue weighted by atomic mass is 31.2. The molecule has 2 N–H and O–H groups in total. The van der Waals surface area contributed by atoms with E-state index in [1.165, 1.54) is 13.4 Å². The molecule has 3 rings (SSSR count). The van der Waals surface area contributed by atoms with Crippen molar-refractivity contribution in [2.45, 2.75) is 33.4 Å². The molecule has 0 spiro atoms. The molecule has 0 aliphatic heterocycles. The first-order valence-electron chi connectivity index (χ1n) is 10.2. The number of hydrogen-bond acceptors (Lipinski definition) is 10. The van der Waals surface area contributed by atoms with Crippen molar-refractivity contribution in [1.82, 2.24) is 19.5 Å². The SMILES string of the molecule is COC(=O)C(C)(C)COP(=O)(CO[C@H](C)Cn1cnc2c(N)ncnc21)Oc1ccccc1. The molecule has 12 heteroatoms. The largest absolute Gasteiger partial charge is 0.469 e. The molecule has 1 aromatic carbocycles. The Morgan fingerprint density at radius 2 is 1.94 bits per heavy atom. The molecule has 0 saturated heterocycles. The Balaban J connectivity index is 1.70. The average molecular weight is 477 g/mol. The molecule has 0 radical (unpaired) electrons. The van der Waals surface area contributed by atoms with Gasteiger partial charge in [-0.15, -0.1) is 0 Å². The fourth-order valence-electron chi connectivity index (χ4n) is 2.91. The number of carbonyl (C=O) groups excluding carboxylic acids is 1. The summed E-state index contributed by atoms with van der Waals surface area (Å²) in [6.45, 7) is 5.26. The van der Waals surface area contributed by atoms with Crippen LogP contribution in [0.15, 0.2) is 43.0 Å². The molecule has 1 unspecified atom stereocenters. The van der Waals surface area contributed by atoms with Crippen molar-refractivity contribution in [1.29, 1.82) is 0 Å². The zero-order chi connectivity index (χ0) is 24.1. The summed E-state index contributed by atoms with van der Waals surface area (Å²) in [7, 11) is -2.50. The number of rotatable bonds is 11. The van der Waals surface area contributed by atoms with Gasteiger partial charge in [-0.1, -0.05) is 18.2 Å². The van der Waals surface area contributed by atoms with E-state index in [1.807, 2.05) is 13.0 Å². The Labute approximate surface area is 191 Å². The Kier molecular flexibility index (Phi) is 7.68. The van der Waals surface area contributed by atoms with Gasteiger partial charge in [0, 0.05) is 0 Å². The lowest BCUT2D eigenvalue weighted by molar-refractivity contribution is -0.152. The number of fused-ring (bicyclic) bond motifs is 1. The van der Waals surface area contributed by atoms with Gasteiger partial charge in [-0.3, -0.25) is 9.32 Å². The van der Waals surface area contributed by atoms with Crippen LogP contribution in [0.25, 0.3) is 11.2 Å². The van der Waals surface area contributed by atoms with E-state index in [-0.39, 0.29) is 18.8 Å². The molecule has 0 saturated carbocycles. The van der Waals surface area contributed by atoms with Crippen LogP contribution in [-0.2, 0) is 29.9 Å². The topological polar surface area (TPSA) is 141 Å². The number of methoxy groups -OCH3 is 1. The number of nitrogen functional groups attached to an aromatic ring is 1. The van der Waals surface area contributed by atoms with Gasteiger partial charge in [-0.25, -0.2) is 19.5 Å². The monoisotopic (exact) mass is 477 g/mol. The maximum absolute atomic E-state index is 13.5. The van der Waals surface area contributed by atoms with Crippen LogP contribution >= 0.6 is 7.60 Å². The summed E-state index contributed by atoms with van der Waals surface area (Å²) in [5.74, 6) is 0.159. The molecule has 2 atom stereocenters. The van der Waals surface area contributed by atoms with Crippen LogP contribution in [0.3, 0.4) is 0 Å². The number of nitrogens with two attached hydrogens (primary N) is 1. The Bertz CT molecular complexity index is 1140. The third-order valence-electron chi connectivity index (χ3n) is 4.75. The van der Waals surface area contributed by atoms with E-state index in [2.05, 4.69) is 15.0 Å². The molecule has 2 heterocycles. The van der Waals surface area contributed by atoms with Crippen molar-refractivity contribution in [3.05, 3.63) is 43.0 Å². The lowest BCUT2D eigenvalue weighted by Crippen LogP contribution is -2.31. The van der Waals surface area contributed by atoms with Gasteiger partial charge in [0.2, 0.25) is 0 Å². The number of imidazole rings is 1. The minimum Gasteiger partial charge on any atom is -0.469 e. The molecule has 0 aliphatic carbocycles. The number of para-hydroxylation sites is 1. The summed E-state index contributed by atoms with van der Waals surface area (Å²) >= 11 is 0. The van der Waals surface area contributed by atoms with Crippen LogP contribution in [-0.4, -0.2) is 51.7 Å². The fourth-order valence-corrected chi connectivity index (χ4v) is 4.49. The summed E-state index contributed by atoms with van der Waals surface area (Å²) in [6.07, 6.45) is 2.22. The first kappa shape index (κ1) is 24.6. The standard InChI is InChI=1S/C21H28N5O6P/c1-15(10-26-13-25-17-18(22)23-12-24-19(17)26)30-14-33(28,32-16-8-6-5-7-9-16)31-11-21(2,3)20(27)29-4/h5-9,12-13,15H,10-11,14H2,1-4H3,(H2,22,23,24)/t15-,33?/m1/s1. The van der Waals surface area contributed by atoms with Gasteiger partial charge in [0.25, 0.3) is 0 Å². The number of anilines is 1. The summed E-state index contributed by atoms with van der Waals surface area (Å²) < 4.78 is 37.2. The number of ether oxygens (including phenoxy) is 2. The number of carbonyl (C=O) groups is 1. The minimum atomic E-state index is -3.79. The predicted molar refractivity (Wildman–Crippen MR) is 122 cm³/mol. The van der Waals surface area contributed by atoms with Gasteiger partial charge in [0.15, 0.2) is 17.8 Å². The summed E-state index contributed by atoms with van der Waals surface area (Å²) in [5, 5.41) is 0. The highest BCUT2D eigenvalue weighted by molar-refractivity contribution is 7.54. The second kappa shape index (κ2) is 10.3. The Hall–Kier alpha value is -3.01. The average Bonchev–Trinajstić information content (AvgIpc) is 3.21. The van der Waals surface area contributed by atoms with Gasteiger partial charge in [-0.2, -0.15) is 0 Å². The second-order valence-corrected chi connectivity index (χ2v) is 10.0. The smallest absolute Gasteiger partial charge is 0.404 e. The fraction of sp³-hybridized carbons (Fsp3) is 0.429. The second-order valence-electron chi connectivity index (χ2n) is 8.10. The van der Waals surface area contributed by atoms with Gasteiger partial charge in [-0.05, 0) is 32.9 Å². The lowest BCUT2D eigenvalue weighted by atomic mass is 9.95. The van der Waals surface area contributed by atoms with Gasteiger partial charge >= 0.3 is 13.6 Å². The van der Waals surface area contributed by atoms with Crippen LogP contribution in [0.2, 0.25) is 0 Å². The molecule has 0 fully saturated rings. The van der Waals surface area contributed by atoms with Crippen molar-refractivity contribution in [2.24, 2.45) is 5.41 Å². The highest BCUT2D eigenvalue weighted by Crippen LogP contribution is 2.49. The predicted octanol–water partition coefficient (Wildman–Crippen LogP) is 3.26. The van der Waals surface area contributed by atoms with E-state index >= 15 is 0 Å². The third-order valence-corrected chi connectivity index (χ3v) is 6.23. The molecule has 178 valence electrons. The van der Waals surface area contributed by atoms with Crippen LogP contribution in [0.4, 0.5) is 5.82 Å². The highest BCUT2D eigenvalue weighted by Gasteiger charge is 2.36. The van der Waals surface area contributed by atoms with Crippen LogP contribution in [0, 0.1) is 5.41 Å². The van der Waals surface area contributed by atoms with Crippen molar-refractivity contribution in [3.8, 4) is 5.75 Å². The maximum atomic E-state index is 13.5. The molecule has 0 amide bonds. The zero-order valence-corrected chi connectivity index (χ0v) is 19.9. The Morgan fingerprint density at radius 3 is 2.64 bits per heavy atom. The van der Waals surface area contributed by atoms with E-state index in [9.17, 15) is 9.36 Å². The van der Waals surface area contributed by atoms with E-state index in [0.717, 1.165) is 0 Å². The molecule has 33 heavy (non-hydrogen) atoms. The molecule has 0 bridgehead atoms. The molecule has 0 aliphatic rings. The quantitative estimate of drug-likeness (QED) is 0.323. The Morgan fingerprint density at radius 1 is 1.21 bits per heavy atom. The number of aromatic nitrogens is 4. The van der Waals surface area contributed by atoms with Crippen LogP contribution < -0.4 is 10.3 Å². The minimum absolute atomic E-state index is 0.177. The number of esters is 1. The summed E-state index contributed by atoms with van der Waals surface area (Å²) in [6, 6.07) is 8.63. The summed E-state index contributed by atoms with van der Waals surface area (Å²) in [5.41, 5.74) is 5.87. The van der Waals surface area contributed by atoms with Gasteiger partial charge < -0.3 is 24.3 Å². The van der Waals surface area contributed by atoms with Crippen molar-refractivity contribution in [3.63, 3.8) is 0 Å². The first-order chi connectivity index (χ1) is 15.6. The summed E-state index contributed by atoms with van der Waals surface area (Å²) in [4.78, 5) is 24.3. The number of benzene rings is 1. The van der Waals surface area contributed by atoms with E-state index in [1.54, 1.807) is 49.0 Å². The maximum Gasteiger partial charge on any atom is 0.404 e. The normalized spacial score (nSPS) is 14.5. The molecule has 3 aromatic rings.